The van der Waals surface area contributed by atoms with E-state index in [1.54, 1.807) is 25.3 Å². The number of nitrogens with zero attached hydrogens (tertiary/aromatic N) is 2. The van der Waals surface area contributed by atoms with Gasteiger partial charge in [0.2, 0.25) is 6.08 Å². The molecule has 0 amide bonds. The number of H-pyrrole nitrogens is 1. The minimum Gasteiger partial charge on any atom is -0.277 e. The zero-order valence-corrected chi connectivity index (χ0v) is 9.14. The van der Waals surface area contributed by atoms with Crippen molar-refractivity contribution in [2.24, 2.45) is 4.99 Å². The van der Waals surface area contributed by atoms with E-state index in [1.807, 2.05) is 0 Å². The highest BCUT2D eigenvalue weighted by atomic mass is 19.1. The molecule has 0 aliphatic carbocycles. The molecule has 0 saturated heterocycles. The third-order valence-corrected chi connectivity index (χ3v) is 2.50. The first-order valence-electron chi connectivity index (χ1n) is 5.08. The van der Waals surface area contributed by atoms with E-state index in [1.165, 1.54) is 18.2 Å². The number of carbonyl (C=O) groups excluding carboxylic acids is 1. The predicted octanol–water partition coefficient (Wildman–Crippen LogP) is 2.61. The fourth-order valence-electron chi connectivity index (χ4n) is 1.61. The quantitative estimate of drug-likeness (QED) is 0.652. The first-order chi connectivity index (χ1) is 8.22. The summed E-state index contributed by atoms with van der Waals surface area (Å²) in [6, 6.07) is 5.69. The van der Waals surface area contributed by atoms with Crippen LogP contribution in [-0.2, 0) is 4.79 Å². The molecule has 1 heterocycles. The fourth-order valence-corrected chi connectivity index (χ4v) is 1.61. The lowest BCUT2D eigenvalue weighted by molar-refractivity contribution is 0.559. The second kappa shape index (κ2) is 4.72. The Morgan fingerprint density at radius 2 is 2.12 bits per heavy atom. The van der Waals surface area contributed by atoms with E-state index in [9.17, 15) is 9.18 Å². The van der Waals surface area contributed by atoms with E-state index in [2.05, 4.69) is 15.2 Å². The Labute approximate surface area is 97.2 Å². The van der Waals surface area contributed by atoms with Crippen molar-refractivity contribution in [1.82, 2.24) is 10.2 Å². The highest BCUT2D eigenvalue weighted by Crippen LogP contribution is 2.27. The lowest BCUT2D eigenvalue weighted by Gasteiger charge is -2.05. The number of aromatic amines is 1. The molecule has 0 saturated carbocycles. The normalized spacial score (nSPS) is 11.9. The molecule has 0 fully saturated rings. The summed E-state index contributed by atoms with van der Waals surface area (Å²) in [5.74, 6) is -0.297. The molecule has 1 atom stereocenters. The molecule has 86 valence electrons. The minimum absolute atomic E-state index is 0.297. The fraction of sp³-hybridized carbons (Fsp3) is 0.167. The van der Waals surface area contributed by atoms with Gasteiger partial charge in [-0.25, -0.2) is 9.18 Å². The number of halogens is 1. The second-order valence-electron chi connectivity index (χ2n) is 3.60. The molecule has 0 spiro atoms. The van der Waals surface area contributed by atoms with Crippen molar-refractivity contribution in [3.8, 4) is 11.3 Å². The molecular formula is C12H10FN3O. The Morgan fingerprint density at radius 1 is 1.41 bits per heavy atom. The molecule has 1 N–H and O–H groups in total. The number of isocyanates is 1. The number of nitrogens with one attached hydrogen (secondary N) is 1. The predicted molar refractivity (Wildman–Crippen MR) is 60.5 cm³/mol. The average Bonchev–Trinajstić information content (AvgIpc) is 2.79. The summed E-state index contributed by atoms with van der Waals surface area (Å²) in [5, 5.41) is 6.73. The van der Waals surface area contributed by atoms with Crippen molar-refractivity contribution in [1.29, 1.82) is 0 Å². The molecule has 4 nitrogen and oxygen atoms in total. The van der Waals surface area contributed by atoms with E-state index in [0.717, 1.165) is 16.8 Å². The molecule has 17 heavy (non-hydrogen) atoms. The van der Waals surface area contributed by atoms with E-state index in [4.69, 9.17) is 0 Å². The maximum absolute atomic E-state index is 12.8. The van der Waals surface area contributed by atoms with Crippen LogP contribution in [0.5, 0.6) is 0 Å². The van der Waals surface area contributed by atoms with Gasteiger partial charge in [-0.15, -0.1) is 0 Å². The number of benzene rings is 1. The molecule has 1 aromatic heterocycles. The van der Waals surface area contributed by atoms with Crippen LogP contribution in [0.2, 0.25) is 0 Å². The Morgan fingerprint density at radius 3 is 2.76 bits per heavy atom. The van der Waals surface area contributed by atoms with Gasteiger partial charge in [-0.2, -0.15) is 10.1 Å². The van der Waals surface area contributed by atoms with Crippen molar-refractivity contribution in [2.75, 3.05) is 0 Å². The molecular weight excluding hydrogens is 221 g/mol. The Bertz CT molecular complexity index is 555. The summed E-state index contributed by atoms with van der Waals surface area (Å²) in [6.45, 7) is 1.77. The molecule has 2 rings (SSSR count). The van der Waals surface area contributed by atoms with Crippen LogP contribution in [0.1, 0.15) is 18.5 Å². The van der Waals surface area contributed by atoms with Crippen molar-refractivity contribution in [2.45, 2.75) is 13.0 Å². The van der Waals surface area contributed by atoms with Crippen molar-refractivity contribution in [3.63, 3.8) is 0 Å². The number of aromatic nitrogens is 2. The Hall–Kier alpha value is -2.26. The monoisotopic (exact) mass is 231 g/mol. The van der Waals surface area contributed by atoms with Gasteiger partial charge in [-0.05, 0) is 31.2 Å². The second-order valence-corrected chi connectivity index (χ2v) is 3.60. The summed E-state index contributed by atoms with van der Waals surface area (Å²) in [6.07, 6.45) is 3.12. The summed E-state index contributed by atoms with van der Waals surface area (Å²) in [7, 11) is 0. The van der Waals surface area contributed by atoms with Gasteiger partial charge < -0.3 is 0 Å². The van der Waals surface area contributed by atoms with E-state index >= 15 is 0 Å². The Kier molecular flexibility index (Phi) is 3.12. The molecule has 0 bridgehead atoms. The zero-order valence-electron chi connectivity index (χ0n) is 9.14. The summed E-state index contributed by atoms with van der Waals surface area (Å²) < 4.78 is 12.8. The van der Waals surface area contributed by atoms with Gasteiger partial charge in [-0.1, -0.05) is 0 Å². The van der Waals surface area contributed by atoms with Gasteiger partial charge in [0.1, 0.15) is 5.82 Å². The average molecular weight is 231 g/mol. The maximum atomic E-state index is 12.8. The van der Waals surface area contributed by atoms with Gasteiger partial charge in [0, 0.05) is 11.1 Å². The van der Waals surface area contributed by atoms with Gasteiger partial charge in [-0.3, -0.25) is 5.10 Å². The topological polar surface area (TPSA) is 58.1 Å². The summed E-state index contributed by atoms with van der Waals surface area (Å²) in [5.41, 5.74) is 2.31. The smallest absolute Gasteiger partial charge is 0.235 e. The Balaban J connectivity index is 2.43. The van der Waals surface area contributed by atoms with E-state index in [0.29, 0.717) is 0 Å². The van der Waals surface area contributed by atoms with Crippen LogP contribution < -0.4 is 0 Å². The number of hydrogen-bond donors (Lipinski definition) is 1. The molecule has 0 aliphatic heterocycles. The lowest BCUT2D eigenvalue weighted by Crippen LogP contribution is -1.91. The van der Waals surface area contributed by atoms with Crippen molar-refractivity contribution in [3.05, 3.63) is 41.8 Å². The maximum Gasteiger partial charge on any atom is 0.235 e. The van der Waals surface area contributed by atoms with Crippen molar-refractivity contribution >= 4 is 6.08 Å². The van der Waals surface area contributed by atoms with Crippen LogP contribution in [0, 0.1) is 5.82 Å². The highest BCUT2D eigenvalue weighted by molar-refractivity contribution is 5.63. The standard InChI is InChI=1S/C12H10FN3O/c1-8(14-7-17)11-6-15-16-12(11)9-2-4-10(13)5-3-9/h2-6,8H,1H3,(H,15,16). The zero-order chi connectivity index (χ0) is 12.3. The van der Waals surface area contributed by atoms with Crippen LogP contribution in [0.15, 0.2) is 35.5 Å². The number of aliphatic imine (C=N–C) groups is 1. The summed E-state index contributed by atoms with van der Waals surface area (Å²) in [4.78, 5) is 13.9. The number of rotatable bonds is 3. The molecule has 0 radical (unpaired) electrons. The molecule has 5 heteroatoms. The van der Waals surface area contributed by atoms with Gasteiger partial charge >= 0.3 is 0 Å². The van der Waals surface area contributed by atoms with Crippen LogP contribution in [0.25, 0.3) is 11.3 Å². The first kappa shape index (κ1) is 11.2. The summed E-state index contributed by atoms with van der Waals surface area (Å²) >= 11 is 0. The third-order valence-electron chi connectivity index (χ3n) is 2.50. The molecule has 1 unspecified atom stereocenters. The van der Waals surface area contributed by atoms with Crippen LogP contribution in [0.3, 0.4) is 0 Å². The van der Waals surface area contributed by atoms with Crippen LogP contribution in [0.4, 0.5) is 4.39 Å². The SMILES string of the molecule is CC(N=C=O)c1cn[nH]c1-c1ccc(F)cc1. The number of hydrogen-bond acceptors (Lipinski definition) is 3. The molecule has 2 aromatic rings. The van der Waals surface area contributed by atoms with Crippen molar-refractivity contribution < 1.29 is 9.18 Å². The molecule has 0 aliphatic rings. The van der Waals surface area contributed by atoms with Gasteiger partial charge in [0.25, 0.3) is 0 Å². The van der Waals surface area contributed by atoms with E-state index < -0.39 is 0 Å². The lowest BCUT2D eigenvalue weighted by atomic mass is 10.0. The minimum atomic E-state index is -0.327. The largest absolute Gasteiger partial charge is 0.277 e. The third kappa shape index (κ3) is 2.29. The van der Waals surface area contributed by atoms with Crippen LogP contribution in [-0.4, -0.2) is 16.3 Å². The van der Waals surface area contributed by atoms with Crippen LogP contribution >= 0.6 is 0 Å². The van der Waals surface area contributed by atoms with Gasteiger partial charge in [0.15, 0.2) is 0 Å². The molecule has 1 aromatic carbocycles. The van der Waals surface area contributed by atoms with E-state index in [-0.39, 0.29) is 11.9 Å². The highest BCUT2D eigenvalue weighted by Gasteiger charge is 2.13. The van der Waals surface area contributed by atoms with Gasteiger partial charge in [0.05, 0.1) is 17.9 Å². The first-order valence-corrected chi connectivity index (χ1v) is 5.08.